The SMILES string of the molecule is CC1(C)CN=C(NCC(C)(C)c2cccs2)SC1. The predicted molar refractivity (Wildman–Crippen MR) is 83.9 cm³/mol. The second kappa shape index (κ2) is 5.25. The van der Waals surface area contributed by atoms with Gasteiger partial charge >= 0.3 is 0 Å². The second-order valence-corrected chi connectivity index (χ2v) is 8.20. The van der Waals surface area contributed by atoms with Crippen LogP contribution < -0.4 is 5.32 Å². The molecule has 0 aliphatic carbocycles. The van der Waals surface area contributed by atoms with Crippen molar-refractivity contribution in [3.05, 3.63) is 22.4 Å². The molecule has 4 heteroatoms. The maximum atomic E-state index is 4.64. The van der Waals surface area contributed by atoms with Crippen molar-refractivity contribution >= 4 is 28.3 Å². The molecule has 18 heavy (non-hydrogen) atoms. The average molecular weight is 282 g/mol. The third-order valence-electron chi connectivity index (χ3n) is 3.12. The van der Waals surface area contributed by atoms with Crippen LogP contribution in [-0.2, 0) is 5.41 Å². The number of hydrogen-bond acceptors (Lipinski definition) is 4. The molecule has 0 atom stereocenters. The molecule has 1 aliphatic heterocycles. The fraction of sp³-hybridized carbons (Fsp3) is 0.643. The second-order valence-electron chi connectivity index (χ2n) is 6.29. The summed E-state index contributed by atoms with van der Waals surface area (Å²) >= 11 is 3.68. The molecule has 1 N–H and O–H groups in total. The van der Waals surface area contributed by atoms with Crippen LogP contribution in [0.15, 0.2) is 22.5 Å². The quantitative estimate of drug-likeness (QED) is 0.913. The summed E-state index contributed by atoms with van der Waals surface area (Å²) in [5.74, 6) is 1.15. The molecule has 2 rings (SSSR count). The zero-order valence-corrected chi connectivity index (χ0v) is 13.3. The first-order valence-electron chi connectivity index (χ1n) is 6.34. The zero-order chi connectivity index (χ0) is 13.2. The van der Waals surface area contributed by atoms with Crippen molar-refractivity contribution in [3.8, 4) is 0 Å². The molecule has 0 spiro atoms. The topological polar surface area (TPSA) is 24.4 Å². The molecular formula is C14H22N2S2. The van der Waals surface area contributed by atoms with Crippen LogP contribution in [0.2, 0.25) is 0 Å². The van der Waals surface area contributed by atoms with Gasteiger partial charge < -0.3 is 5.32 Å². The number of nitrogens with zero attached hydrogens (tertiary/aromatic N) is 1. The maximum absolute atomic E-state index is 4.64. The van der Waals surface area contributed by atoms with E-state index in [1.165, 1.54) is 4.88 Å². The summed E-state index contributed by atoms with van der Waals surface area (Å²) in [6.45, 7) is 11.0. The van der Waals surface area contributed by atoms with E-state index in [2.05, 4.69) is 55.5 Å². The van der Waals surface area contributed by atoms with Gasteiger partial charge in [-0.1, -0.05) is 45.5 Å². The standard InChI is InChI=1S/C14H22N2S2/c1-13(2)8-15-12(18-10-13)16-9-14(3,4)11-6-5-7-17-11/h5-7H,8-10H2,1-4H3,(H,15,16). The van der Waals surface area contributed by atoms with Gasteiger partial charge in [0, 0.05) is 29.1 Å². The molecule has 0 bridgehead atoms. The van der Waals surface area contributed by atoms with E-state index in [-0.39, 0.29) is 5.41 Å². The van der Waals surface area contributed by atoms with Crippen LogP contribution >= 0.6 is 23.1 Å². The van der Waals surface area contributed by atoms with Crippen LogP contribution in [0.5, 0.6) is 0 Å². The normalized spacial score (nSPS) is 19.4. The Bertz CT molecular complexity index is 419. The van der Waals surface area contributed by atoms with Crippen LogP contribution in [0.1, 0.15) is 32.6 Å². The van der Waals surface area contributed by atoms with Crippen LogP contribution in [-0.4, -0.2) is 24.0 Å². The molecular weight excluding hydrogens is 260 g/mol. The minimum Gasteiger partial charge on any atom is -0.364 e. The number of hydrogen-bond donors (Lipinski definition) is 1. The van der Waals surface area contributed by atoms with E-state index >= 15 is 0 Å². The highest BCUT2D eigenvalue weighted by molar-refractivity contribution is 8.13. The number of rotatable bonds is 3. The highest BCUT2D eigenvalue weighted by Crippen LogP contribution is 2.29. The van der Waals surface area contributed by atoms with Crippen molar-refractivity contribution in [2.45, 2.75) is 33.1 Å². The summed E-state index contributed by atoms with van der Waals surface area (Å²) < 4.78 is 0. The molecule has 0 saturated carbocycles. The molecule has 0 saturated heterocycles. The van der Waals surface area contributed by atoms with Gasteiger partial charge in [-0.05, 0) is 16.9 Å². The van der Waals surface area contributed by atoms with Crippen LogP contribution in [0.3, 0.4) is 0 Å². The Labute approximate surface area is 118 Å². The molecule has 2 nitrogen and oxygen atoms in total. The van der Waals surface area contributed by atoms with Gasteiger partial charge in [-0.15, -0.1) is 11.3 Å². The highest BCUT2D eigenvalue weighted by atomic mass is 32.2. The summed E-state index contributed by atoms with van der Waals surface area (Å²) in [6.07, 6.45) is 0. The lowest BCUT2D eigenvalue weighted by Gasteiger charge is -2.29. The van der Waals surface area contributed by atoms with Crippen molar-refractivity contribution in [1.29, 1.82) is 0 Å². The number of aliphatic imine (C=N–C) groups is 1. The third kappa shape index (κ3) is 3.51. The lowest BCUT2D eigenvalue weighted by Crippen LogP contribution is -2.38. The van der Waals surface area contributed by atoms with E-state index in [9.17, 15) is 0 Å². The van der Waals surface area contributed by atoms with E-state index in [0.29, 0.717) is 5.41 Å². The van der Waals surface area contributed by atoms with Crippen LogP contribution in [0.4, 0.5) is 0 Å². The molecule has 100 valence electrons. The summed E-state index contributed by atoms with van der Waals surface area (Å²) in [5.41, 5.74) is 0.517. The fourth-order valence-electron chi connectivity index (χ4n) is 1.80. The Kier molecular flexibility index (Phi) is 4.07. The van der Waals surface area contributed by atoms with E-state index in [0.717, 1.165) is 24.0 Å². The molecule has 0 fully saturated rings. The lowest BCUT2D eigenvalue weighted by atomic mass is 9.91. The lowest BCUT2D eigenvalue weighted by molar-refractivity contribution is 0.435. The smallest absolute Gasteiger partial charge is 0.156 e. The Balaban J connectivity index is 1.91. The molecule has 1 aromatic rings. The first kappa shape index (κ1) is 13.9. The number of thioether (sulfide) groups is 1. The van der Waals surface area contributed by atoms with Gasteiger partial charge in [-0.25, -0.2) is 0 Å². The van der Waals surface area contributed by atoms with Crippen LogP contribution in [0, 0.1) is 5.41 Å². The Morgan fingerprint density at radius 2 is 2.22 bits per heavy atom. The van der Waals surface area contributed by atoms with Gasteiger partial charge in [0.2, 0.25) is 0 Å². The maximum Gasteiger partial charge on any atom is 0.156 e. The summed E-state index contributed by atoms with van der Waals surface area (Å²) in [4.78, 5) is 6.07. The molecule has 0 amide bonds. The Morgan fingerprint density at radius 1 is 1.44 bits per heavy atom. The molecule has 1 aromatic heterocycles. The van der Waals surface area contributed by atoms with Gasteiger partial charge in [0.1, 0.15) is 0 Å². The minimum absolute atomic E-state index is 0.171. The highest BCUT2D eigenvalue weighted by Gasteiger charge is 2.26. The zero-order valence-electron chi connectivity index (χ0n) is 11.6. The van der Waals surface area contributed by atoms with E-state index in [4.69, 9.17) is 0 Å². The summed E-state index contributed by atoms with van der Waals surface area (Å²) in [5, 5.41) is 6.76. The van der Waals surface area contributed by atoms with Gasteiger partial charge in [-0.3, -0.25) is 4.99 Å². The largest absolute Gasteiger partial charge is 0.364 e. The first-order valence-corrected chi connectivity index (χ1v) is 8.21. The molecule has 0 radical (unpaired) electrons. The van der Waals surface area contributed by atoms with Crippen molar-refractivity contribution in [3.63, 3.8) is 0 Å². The van der Waals surface area contributed by atoms with Gasteiger partial charge in [-0.2, -0.15) is 0 Å². The van der Waals surface area contributed by atoms with Crippen molar-refractivity contribution < 1.29 is 0 Å². The van der Waals surface area contributed by atoms with Gasteiger partial charge in [0.15, 0.2) is 5.17 Å². The number of nitrogens with one attached hydrogen (secondary N) is 1. The monoisotopic (exact) mass is 282 g/mol. The molecule has 0 aromatic carbocycles. The summed E-state index contributed by atoms with van der Waals surface area (Å²) in [7, 11) is 0. The third-order valence-corrected chi connectivity index (χ3v) is 5.83. The number of amidine groups is 1. The fourth-order valence-corrected chi connectivity index (χ4v) is 3.60. The minimum atomic E-state index is 0.171. The molecule has 0 unspecified atom stereocenters. The van der Waals surface area contributed by atoms with Crippen molar-refractivity contribution in [2.24, 2.45) is 10.4 Å². The van der Waals surface area contributed by atoms with E-state index in [1.54, 1.807) is 0 Å². The van der Waals surface area contributed by atoms with Gasteiger partial charge in [0.25, 0.3) is 0 Å². The van der Waals surface area contributed by atoms with E-state index in [1.807, 2.05) is 23.1 Å². The summed E-state index contributed by atoms with van der Waals surface area (Å²) in [6, 6.07) is 4.34. The predicted octanol–water partition coefficient (Wildman–Crippen LogP) is 3.74. The van der Waals surface area contributed by atoms with Crippen molar-refractivity contribution in [1.82, 2.24) is 5.32 Å². The number of thiophene rings is 1. The average Bonchev–Trinajstić information content (AvgIpc) is 2.81. The first-order chi connectivity index (χ1) is 8.39. The Morgan fingerprint density at radius 3 is 2.78 bits per heavy atom. The van der Waals surface area contributed by atoms with Crippen LogP contribution in [0.25, 0.3) is 0 Å². The molecule has 1 aliphatic rings. The van der Waals surface area contributed by atoms with Crippen molar-refractivity contribution in [2.75, 3.05) is 18.8 Å². The van der Waals surface area contributed by atoms with E-state index < -0.39 is 0 Å². The molecule has 2 heterocycles. The Hall–Kier alpha value is -0.480. The van der Waals surface area contributed by atoms with Gasteiger partial charge in [0.05, 0.1) is 0 Å².